The third-order valence-corrected chi connectivity index (χ3v) is 3.42. The lowest BCUT2D eigenvalue weighted by atomic mass is 9.85. The summed E-state index contributed by atoms with van der Waals surface area (Å²) in [6, 6.07) is -3.30. The van der Waals surface area contributed by atoms with Crippen molar-refractivity contribution in [3.63, 3.8) is 0 Å². The number of carboxylic acids is 1. The van der Waals surface area contributed by atoms with Gasteiger partial charge in [-0.05, 0) is 5.92 Å². The summed E-state index contributed by atoms with van der Waals surface area (Å²) in [5.74, 6) is -10.8. The summed E-state index contributed by atoms with van der Waals surface area (Å²) < 4.78 is 80.1. The largest absolute Gasteiger partial charge is 0.480 e. The molecule has 1 rings (SSSR count). The Balaban J connectivity index is 3.03. The predicted octanol–water partition coefficient (Wildman–Crippen LogP) is 1.49. The Morgan fingerprint density at radius 3 is 1.88 bits per heavy atom. The molecule has 1 amide bonds. The van der Waals surface area contributed by atoms with Gasteiger partial charge >= 0.3 is 24.3 Å². The van der Waals surface area contributed by atoms with E-state index in [-0.39, 0.29) is 0 Å². The first-order valence-electron chi connectivity index (χ1n) is 6.55. The van der Waals surface area contributed by atoms with Crippen molar-refractivity contribution in [2.45, 2.75) is 38.3 Å². The number of cyclic esters (lactones) is 1. The minimum atomic E-state index is -5.96. The number of aliphatic carboxylic acids is 1. The van der Waals surface area contributed by atoms with Gasteiger partial charge in [0.2, 0.25) is 0 Å². The van der Waals surface area contributed by atoms with Crippen LogP contribution in [0.15, 0.2) is 0 Å². The van der Waals surface area contributed by atoms with Gasteiger partial charge in [0.1, 0.15) is 12.0 Å². The van der Waals surface area contributed by atoms with E-state index >= 15 is 0 Å². The van der Waals surface area contributed by atoms with Crippen LogP contribution in [0.1, 0.15) is 13.8 Å². The SMILES string of the molecule is CC(C)[C@@H]1C(=O)O[C@H]1C(=O)N[C@H](C(=O)O)C(C(F)(F)F)C(F)(F)F. The van der Waals surface area contributed by atoms with Crippen LogP contribution in [0.4, 0.5) is 26.3 Å². The van der Waals surface area contributed by atoms with Crippen molar-refractivity contribution < 1.29 is 50.6 Å². The number of carboxylic acid groups (broad SMARTS) is 1. The fourth-order valence-electron chi connectivity index (χ4n) is 2.25. The van der Waals surface area contributed by atoms with Crippen LogP contribution in [0, 0.1) is 17.8 Å². The molecule has 138 valence electrons. The molecule has 0 aromatic carbocycles. The second kappa shape index (κ2) is 6.48. The second-order valence-electron chi connectivity index (χ2n) is 5.51. The van der Waals surface area contributed by atoms with Gasteiger partial charge < -0.3 is 15.2 Å². The molecule has 1 saturated heterocycles. The summed E-state index contributed by atoms with van der Waals surface area (Å²) in [4.78, 5) is 33.8. The van der Waals surface area contributed by atoms with E-state index in [1.165, 1.54) is 19.2 Å². The Labute approximate surface area is 131 Å². The molecule has 1 heterocycles. The number of amides is 1. The van der Waals surface area contributed by atoms with Gasteiger partial charge in [-0.25, -0.2) is 4.79 Å². The Hall–Kier alpha value is -2.01. The van der Waals surface area contributed by atoms with Crippen LogP contribution in [0.5, 0.6) is 0 Å². The predicted molar refractivity (Wildman–Crippen MR) is 63.4 cm³/mol. The molecule has 0 saturated carbocycles. The number of halogens is 6. The number of nitrogens with one attached hydrogen (secondary N) is 1. The van der Waals surface area contributed by atoms with Gasteiger partial charge in [0.15, 0.2) is 12.0 Å². The molecule has 0 aliphatic carbocycles. The molecule has 1 aliphatic rings. The van der Waals surface area contributed by atoms with Crippen molar-refractivity contribution in [2.24, 2.45) is 17.8 Å². The van der Waals surface area contributed by atoms with E-state index < -0.39 is 60.1 Å². The molecule has 1 fully saturated rings. The summed E-state index contributed by atoms with van der Waals surface area (Å²) in [6.45, 7) is 2.96. The van der Waals surface area contributed by atoms with Crippen LogP contribution in [0.2, 0.25) is 0 Å². The molecule has 1 aliphatic heterocycles. The van der Waals surface area contributed by atoms with Gasteiger partial charge in [-0.3, -0.25) is 9.59 Å². The molecule has 6 nitrogen and oxygen atoms in total. The molecular formula is C12H13F6NO5. The minimum Gasteiger partial charge on any atom is -0.480 e. The number of hydrogen-bond donors (Lipinski definition) is 2. The maximum absolute atomic E-state index is 12.6. The fraction of sp³-hybridized carbons (Fsp3) is 0.750. The molecule has 0 aromatic heterocycles. The Kier molecular flexibility index (Phi) is 5.41. The average Bonchev–Trinajstić information content (AvgIpc) is 2.30. The van der Waals surface area contributed by atoms with E-state index in [1.807, 2.05) is 0 Å². The molecule has 0 radical (unpaired) electrons. The van der Waals surface area contributed by atoms with E-state index in [0.29, 0.717) is 0 Å². The second-order valence-corrected chi connectivity index (χ2v) is 5.51. The number of carbonyl (C=O) groups is 3. The van der Waals surface area contributed by atoms with Crippen LogP contribution in [-0.2, 0) is 19.1 Å². The van der Waals surface area contributed by atoms with Gasteiger partial charge in [0.05, 0.1) is 0 Å². The zero-order valence-electron chi connectivity index (χ0n) is 12.2. The lowest BCUT2D eigenvalue weighted by molar-refractivity contribution is -0.291. The smallest absolute Gasteiger partial charge is 0.403 e. The third-order valence-electron chi connectivity index (χ3n) is 3.42. The topological polar surface area (TPSA) is 92.7 Å². The van der Waals surface area contributed by atoms with Crippen LogP contribution in [-0.4, -0.2) is 47.5 Å². The zero-order valence-corrected chi connectivity index (χ0v) is 12.2. The highest BCUT2D eigenvalue weighted by Gasteiger charge is 2.63. The van der Waals surface area contributed by atoms with E-state index in [4.69, 9.17) is 5.11 Å². The highest BCUT2D eigenvalue weighted by Crippen LogP contribution is 2.41. The van der Waals surface area contributed by atoms with Gasteiger partial charge in [0, 0.05) is 0 Å². The van der Waals surface area contributed by atoms with Crippen molar-refractivity contribution in [1.82, 2.24) is 5.32 Å². The Morgan fingerprint density at radius 1 is 1.12 bits per heavy atom. The van der Waals surface area contributed by atoms with Crippen molar-refractivity contribution in [1.29, 1.82) is 0 Å². The first kappa shape index (κ1) is 20.0. The van der Waals surface area contributed by atoms with E-state index in [9.17, 15) is 40.7 Å². The van der Waals surface area contributed by atoms with Crippen LogP contribution in [0.25, 0.3) is 0 Å². The number of ether oxygens (including phenoxy) is 1. The Bertz CT molecular complexity index is 515. The normalized spacial score (nSPS) is 22.8. The summed E-state index contributed by atoms with van der Waals surface area (Å²) in [5, 5.41) is 9.88. The molecule has 0 bridgehead atoms. The highest BCUT2D eigenvalue weighted by molar-refractivity contribution is 5.95. The summed E-state index contributed by atoms with van der Waals surface area (Å²) in [7, 11) is 0. The van der Waals surface area contributed by atoms with Crippen LogP contribution >= 0.6 is 0 Å². The minimum absolute atomic E-state index is 0.480. The standard InChI is InChI=1S/C12H13F6NO5/c1-3(2)4-6(24-10(4)23)8(20)19-5(9(21)22)7(11(13,14)15)12(16,17)18/h3-7H,1-2H3,(H,19,20)(H,21,22)/t4-,5-,6+/m0/s1. The molecule has 24 heavy (non-hydrogen) atoms. The molecule has 0 aromatic rings. The average molecular weight is 365 g/mol. The lowest BCUT2D eigenvalue weighted by Gasteiger charge is -2.37. The third kappa shape index (κ3) is 4.09. The quantitative estimate of drug-likeness (QED) is 0.569. The Morgan fingerprint density at radius 2 is 1.58 bits per heavy atom. The molecule has 2 N–H and O–H groups in total. The molecule has 0 unspecified atom stereocenters. The lowest BCUT2D eigenvalue weighted by Crippen LogP contribution is -2.62. The van der Waals surface area contributed by atoms with Gasteiger partial charge in [-0.1, -0.05) is 13.8 Å². The summed E-state index contributed by atoms with van der Waals surface area (Å²) in [6.07, 6.45) is -13.5. The first-order chi connectivity index (χ1) is 10.7. The fourth-order valence-corrected chi connectivity index (χ4v) is 2.25. The number of hydrogen-bond acceptors (Lipinski definition) is 4. The van der Waals surface area contributed by atoms with Gasteiger partial charge in [-0.2, -0.15) is 26.3 Å². The summed E-state index contributed by atoms with van der Waals surface area (Å²) >= 11 is 0. The number of alkyl halides is 6. The van der Waals surface area contributed by atoms with Crippen molar-refractivity contribution in [3.05, 3.63) is 0 Å². The molecule has 0 spiro atoms. The maximum atomic E-state index is 12.6. The molecular weight excluding hydrogens is 352 g/mol. The van der Waals surface area contributed by atoms with Crippen molar-refractivity contribution >= 4 is 17.8 Å². The zero-order chi connectivity index (χ0) is 19.0. The van der Waals surface area contributed by atoms with Crippen LogP contribution < -0.4 is 5.32 Å². The van der Waals surface area contributed by atoms with Crippen molar-refractivity contribution in [2.75, 3.05) is 0 Å². The van der Waals surface area contributed by atoms with E-state index in [0.717, 1.165) is 0 Å². The van der Waals surface area contributed by atoms with E-state index in [2.05, 4.69) is 4.74 Å². The molecule has 3 atom stereocenters. The van der Waals surface area contributed by atoms with Crippen molar-refractivity contribution in [3.8, 4) is 0 Å². The number of carbonyl (C=O) groups excluding carboxylic acids is 2. The first-order valence-corrected chi connectivity index (χ1v) is 6.55. The molecule has 12 heteroatoms. The maximum Gasteiger partial charge on any atom is 0.403 e. The highest BCUT2D eigenvalue weighted by atomic mass is 19.4. The van der Waals surface area contributed by atoms with Crippen LogP contribution in [0.3, 0.4) is 0 Å². The van der Waals surface area contributed by atoms with Gasteiger partial charge in [-0.15, -0.1) is 0 Å². The van der Waals surface area contributed by atoms with E-state index in [1.54, 1.807) is 0 Å². The monoisotopic (exact) mass is 365 g/mol. The summed E-state index contributed by atoms with van der Waals surface area (Å²) in [5.41, 5.74) is 0. The van der Waals surface area contributed by atoms with Gasteiger partial charge in [0.25, 0.3) is 5.91 Å². The number of esters is 1. The number of rotatable bonds is 5.